The van der Waals surface area contributed by atoms with Crippen LogP contribution >= 0.6 is 0 Å². The van der Waals surface area contributed by atoms with Gasteiger partial charge in [0.1, 0.15) is 0 Å². The van der Waals surface area contributed by atoms with E-state index in [2.05, 4.69) is 25.4 Å². The van der Waals surface area contributed by atoms with Gasteiger partial charge in [0, 0.05) is 36.8 Å². The first-order valence-electron chi connectivity index (χ1n) is 11.0. The lowest BCUT2D eigenvalue weighted by atomic mass is 10.00. The summed E-state index contributed by atoms with van der Waals surface area (Å²) in [6.07, 6.45) is 9.95. The molecule has 4 aromatic rings. The van der Waals surface area contributed by atoms with E-state index in [4.69, 9.17) is 4.74 Å². The lowest BCUT2D eigenvalue weighted by molar-refractivity contribution is 0.0987. The average molecular weight is 461 g/mol. The van der Waals surface area contributed by atoms with Crippen molar-refractivity contribution < 1.29 is 13.9 Å². The topological polar surface area (TPSA) is 94.8 Å². The molecule has 174 valence electrons. The smallest absolute Gasteiger partial charge is 0.227 e. The molecule has 1 N–H and O–H groups in total. The molecule has 9 heteroatoms. The van der Waals surface area contributed by atoms with Gasteiger partial charge in [0.2, 0.25) is 5.95 Å². The highest BCUT2D eigenvalue weighted by molar-refractivity contribution is 5.96. The van der Waals surface area contributed by atoms with E-state index in [-0.39, 0.29) is 11.5 Å². The van der Waals surface area contributed by atoms with Crippen LogP contribution in [0.2, 0.25) is 0 Å². The van der Waals surface area contributed by atoms with Gasteiger partial charge in [-0.25, -0.2) is 14.4 Å². The Hall–Kier alpha value is -4.14. The Labute approximate surface area is 196 Å². The summed E-state index contributed by atoms with van der Waals surface area (Å²) in [4.78, 5) is 25.1. The van der Waals surface area contributed by atoms with Crippen molar-refractivity contribution in [1.82, 2.24) is 24.7 Å². The van der Waals surface area contributed by atoms with Crippen LogP contribution in [0.25, 0.3) is 0 Å². The van der Waals surface area contributed by atoms with E-state index < -0.39 is 5.82 Å². The highest BCUT2D eigenvalue weighted by atomic mass is 19.1. The maximum absolute atomic E-state index is 14.7. The molecule has 0 spiro atoms. The molecule has 0 amide bonds. The molecule has 0 fully saturated rings. The van der Waals surface area contributed by atoms with Crippen LogP contribution in [-0.2, 0) is 19.4 Å². The van der Waals surface area contributed by atoms with Crippen LogP contribution in [-0.4, -0.2) is 37.6 Å². The van der Waals surface area contributed by atoms with E-state index >= 15 is 0 Å². The molecule has 4 rings (SSSR count). The predicted molar refractivity (Wildman–Crippen MR) is 126 cm³/mol. The van der Waals surface area contributed by atoms with Crippen LogP contribution in [0.3, 0.4) is 0 Å². The van der Waals surface area contributed by atoms with Crippen LogP contribution < -0.4 is 10.1 Å². The van der Waals surface area contributed by atoms with Crippen molar-refractivity contribution in [2.75, 3.05) is 12.4 Å². The lowest BCUT2D eigenvalue weighted by Gasteiger charge is -2.11. The van der Waals surface area contributed by atoms with E-state index in [1.165, 1.54) is 13.2 Å². The maximum atomic E-state index is 14.7. The number of ketones is 1. The Morgan fingerprint density at radius 2 is 1.94 bits per heavy atom. The third kappa shape index (κ3) is 5.61. The third-order valence-corrected chi connectivity index (χ3v) is 5.31. The predicted octanol–water partition coefficient (Wildman–Crippen LogP) is 4.39. The molecule has 0 aliphatic heterocycles. The van der Waals surface area contributed by atoms with Crippen LogP contribution in [0.4, 0.5) is 16.0 Å². The summed E-state index contributed by atoms with van der Waals surface area (Å²) in [5.74, 6) is 0.0111. The Bertz CT molecular complexity index is 1260. The number of halogens is 1. The lowest BCUT2D eigenvalue weighted by Crippen LogP contribution is -2.04. The van der Waals surface area contributed by atoms with Gasteiger partial charge in [-0.1, -0.05) is 13.0 Å². The van der Waals surface area contributed by atoms with Gasteiger partial charge in [-0.15, -0.1) is 0 Å². The minimum atomic E-state index is -0.447. The fraction of sp³-hybridized carbons (Fsp3) is 0.240. The molecular formula is C25H25FN6O2. The van der Waals surface area contributed by atoms with Gasteiger partial charge in [-0.2, -0.15) is 5.10 Å². The molecule has 34 heavy (non-hydrogen) atoms. The first-order valence-corrected chi connectivity index (χ1v) is 11.0. The number of Topliss-reactive ketones (excluding diaryl/α,β-unsaturated/α-hetero) is 1. The van der Waals surface area contributed by atoms with E-state index in [1.807, 2.05) is 24.4 Å². The minimum Gasteiger partial charge on any atom is -0.494 e. The summed E-state index contributed by atoms with van der Waals surface area (Å²) < 4.78 is 21.6. The van der Waals surface area contributed by atoms with Crippen molar-refractivity contribution in [2.45, 2.75) is 32.7 Å². The zero-order chi connectivity index (χ0) is 23.9. The summed E-state index contributed by atoms with van der Waals surface area (Å²) in [6, 6.07) is 8.80. The fourth-order valence-corrected chi connectivity index (χ4v) is 3.48. The monoisotopic (exact) mass is 460 g/mol. The number of nitrogens with one attached hydrogen (secondary N) is 1. The number of hydrogen-bond donors (Lipinski definition) is 1. The number of aromatic nitrogens is 5. The molecular weight excluding hydrogens is 435 g/mol. The van der Waals surface area contributed by atoms with Crippen LogP contribution in [0, 0.1) is 5.82 Å². The van der Waals surface area contributed by atoms with E-state index in [9.17, 15) is 9.18 Å². The fourth-order valence-electron chi connectivity index (χ4n) is 3.48. The quantitative estimate of drug-likeness (QED) is 0.351. The van der Waals surface area contributed by atoms with Crippen molar-refractivity contribution in [1.29, 1.82) is 0 Å². The molecule has 0 bridgehead atoms. The number of carbonyl (C=O) groups is 1. The van der Waals surface area contributed by atoms with E-state index in [1.54, 1.807) is 42.5 Å². The average Bonchev–Trinajstić information content (AvgIpc) is 3.30. The van der Waals surface area contributed by atoms with Crippen LogP contribution in [0.1, 0.15) is 40.5 Å². The number of ether oxygens (including phenoxy) is 1. The summed E-state index contributed by atoms with van der Waals surface area (Å²) in [7, 11) is 1.39. The zero-order valence-corrected chi connectivity index (χ0v) is 19.0. The summed E-state index contributed by atoms with van der Waals surface area (Å²) in [5, 5.41) is 7.45. The molecule has 0 atom stereocenters. The molecule has 3 heterocycles. The molecule has 8 nitrogen and oxygen atoms in total. The van der Waals surface area contributed by atoms with Crippen molar-refractivity contribution in [3.63, 3.8) is 0 Å². The number of hydrogen-bond acceptors (Lipinski definition) is 7. The normalized spacial score (nSPS) is 10.8. The number of anilines is 2. The molecule has 0 radical (unpaired) electrons. The molecule has 0 aliphatic rings. The number of nitrogens with zero attached hydrogens (tertiary/aromatic N) is 5. The molecule has 1 aromatic carbocycles. The first-order chi connectivity index (χ1) is 16.6. The van der Waals surface area contributed by atoms with Gasteiger partial charge >= 0.3 is 0 Å². The third-order valence-electron chi connectivity index (χ3n) is 5.31. The highest BCUT2D eigenvalue weighted by Crippen LogP contribution is 2.25. The second-order valence-corrected chi connectivity index (χ2v) is 7.72. The Balaban J connectivity index is 1.38. The van der Waals surface area contributed by atoms with Crippen molar-refractivity contribution in [3.05, 3.63) is 89.5 Å². The molecule has 0 aliphatic carbocycles. The molecule has 0 saturated heterocycles. The standard InChI is InChI=1S/C25H25FN6O2/c1-3-22(33)19-10-18(24(26)23(11-19)34-2)8-7-17-12-28-25(29-13-17)31-21-14-30-32(16-21)15-20-6-4-5-9-27-20/h4-6,9-14,16H,3,7-8,15H2,1-2H3,(H,28,29,31). The highest BCUT2D eigenvalue weighted by Gasteiger charge is 2.15. The van der Waals surface area contributed by atoms with Crippen molar-refractivity contribution in [3.8, 4) is 5.75 Å². The van der Waals surface area contributed by atoms with E-state index in [0.717, 1.165) is 16.9 Å². The van der Waals surface area contributed by atoms with Gasteiger partial charge in [-0.3, -0.25) is 14.5 Å². The number of methoxy groups -OCH3 is 1. The van der Waals surface area contributed by atoms with Gasteiger partial charge in [0.05, 0.1) is 31.2 Å². The Morgan fingerprint density at radius 3 is 2.65 bits per heavy atom. The minimum absolute atomic E-state index is 0.0540. The van der Waals surface area contributed by atoms with Gasteiger partial charge in [-0.05, 0) is 48.2 Å². The van der Waals surface area contributed by atoms with Crippen molar-refractivity contribution >= 4 is 17.4 Å². The second kappa shape index (κ2) is 10.7. The zero-order valence-electron chi connectivity index (χ0n) is 19.0. The number of rotatable bonds is 10. The molecule has 3 aromatic heterocycles. The van der Waals surface area contributed by atoms with Gasteiger partial charge in [0.25, 0.3) is 0 Å². The second-order valence-electron chi connectivity index (χ2n) is 7.72. The van der Waals surface area contributed by atoms with Gasteiger partial charge in [0.15, 0.2) is 17.3 Å². The Kier molecular flexibility index (Phi) is 7.22. The van der Waals surface area contributed by atoms with Crippen molar-refractivity contribution in [2.24, 2.45) is 0 Å². The number of pyridine rings is 1. The summed E-state index contributed by atoms with van der Waals surface area (Å²) in [6.45, 7) is 2.34. The first kappa shape index (κ1) is 23.0. The van der Waals surface area contributed by atoms with E-state index in [0.29, 0.717) is 42.9 Å². The number of aryl methyl sites for hydroxylation is 2. The van der Waals surface area contributed by atoms with Crippen LogP contribution in [0.5, 0.6) is 5.75 Å². The largest absolute Gasteiger partial charge is 0.494 e. The maximum Gasteiger partial charge on any atom is 0.227 e. The summed E-state index contributed by atoms with van der Waals surface area (Å²) in [5.41, 5.74) is 3.41. The van der Waals surface area contributed by atoms with Crippen LogP contribution in [0.15, 0.2) is 61.3 Å². The summed E-state index contributed by atoms with van der Waals surface area (Å²) >= 11 is 0. The molecule has 0 unspecified atom stereocenters. The number of benzene rings is 1. The Morgan fingerprint density at radius 1 is 1.12 bits per heavy atom. The molecule has 0 saturated carbocycles. The SMILES string of the molecule is CCC(=O)c1cc(CCc2cnc(Nc3cnn(Cc4ccccn4)c3)nc2)c(F)c(OC)c1. The van der Waals surface area contributed by atoms with Gasteiger partial charge < -0.3 is 10.1 Å². The number of carbonyl (C=O) groups excluding carboxylic acids is 1.